The number of alkyl halides is 8. The van der Waals surface area contributed by atoms with Gasteiger partial charge < -0.3 is 41.8 Å². The van der Waals surface area contributed by atoms with Crippen LogP contribution >= 0.6 is 57.6 Å². The van der Waals surface area contributed by atoms with Crippen LogP contribution in [0.25, 0.3) is 0 Å². The summed E-state index contributed by atoms with van der Waals surface area (Å²) in [4.78, 5) is 155. The Morgan fingerprint density at radius 2 is 0.957 bits per heavy atom. The lowest BCUT2D eigenvalue weighted by molar-refractivity contribution is -0.256. The van der Waals surface area contributed by atoms with Crippen molar-refractivity contribution in [2.45, 2.75) is 224 Å². The van der Waals surface area contributed by atoms with Gasteiger partial charge in [-0.05, 0) is 104 Å². The molecule has 0 radical (unpaired) electrons. The number of rotatable bonds is 21. The molecule has 4 aliphatic carbocycles. The second-order valence-corrected chi connectivity index (χ2v) is 34.7. The van der Waals surface area contributed by atoms with Crippen molar-refractivity contribution in [3.05, 3.63) is 0 Å². The molecule has 0 spiro atoms. The highest BCUT2D eigenvalue weighted by Crippen LogP contribution is 2.66. The van der Waals surface area contributed by atoms with Gasteiger partial charge in [-0.2, -0.15) is 26.3 Å². The maximum atomic E-state index is 13.8. The molecule has 7 fully saturated rings. The number of ether oxygens (including phenoxy) is 2. The van der Waals surface area contributed by atoms with Crippen LogP contribution in [0.15, 0.2) is 0 Å². The maximum Gasteiger partial charge on any atom is 0.534 e. The highest BCUT2D eigenvalue weighted by Gasteiger charge is 2.71. The van der Waals surface area contributed by atoms with Crippen molar-refractivity contribution in [2.75, 3.05) is 13.1 Å². The molecular formula is C61H92ClF6I2N7O15. The smallest absolute Gasteiger partial charge is 0.434 e. The van der Waals surface area contributed by atoms with Gasteiger partial charge in [0.25, 0.3) is 23.6 Å². The average molecular weight is 1570 g/mol. The van der Waals surface area contributed by atoms with Crippen LogP contribution < -0.4 is 22.5 Å². The van der Waals surface area contributed by atoms with Crippen molar-refractivity contribution in [2.24, 2.45) is 86.2 Å². The van der Waals surface area contributed by atoms with Crippen LogP contribution in [0.2, 0.25) is 0 Å². The molecule has 3 saturated heterocycles. The molecule has 524 valence electrons. The van der Waals surface area contributed by atoms with E-state index in [1.54, 1.807) is 25.7 Å². The van der Waals surface area contributed by atoms with Crippen molar-refractivity contribution >= 4 is 128 Å². The number of primary amides is 2. The molecule has 92 heavy (non-hydrogen) atoms. The molecule has 0 aromatic carbocycles. The molecule has 3 aliphatic heterocycles. The van der Waals surface area contributed by atoms with E-state index in [9.17, 15) is 83.9 Å². The van der Waals surface area contributed by atoms with Crippen LogP contribution in [-0.4, -0.2) is 148 Å². The summed E-state index contributed by atoms with van der Waals surface area (Å²) in [6, 6.07) is -3.46. The quantitative estimate of drug-likeness (QED) is 0.0208. The number of Topliss-reactive ketones (excluding diaryl/α,β-unsaturated/α-hetero) is 4. The number of hydrogen-bond donors (Lipinski definition) is 4. The Balaban J connectivity index is 0.000000365. The summed E-state index contributed by atoms with van der Waals surface area (Å²) in [6.45, 7) is 24.4. The van der Waals surface area contributed by atoms with E-state index in [-0.39, 0.29) is 108 Å². The zero-order valence-corrected chi connectivity index (χ0v) is 60.0. The number of piperidine rings is 2. The fourth-order valence-electron chi connectivity index (χ4n) is 11.8. The zero-order chi connectivity index (χ0) is 70.2. The molecule has 7 rings (SSSR count). The summed E-state index contributed by atoms with van der Waals surface area (Å²) < 4.78 is 86.4. The summed E-state index contributed by atoms with van der Waals surface area (Å²) in [5, 5.41) is 2.41. The first-order valence-electron chi connectivity index (χ1n) is 30.4. The third-order valence-corrected chi connectivity index (χ3v) is 20.3. The lowest BCUT2D eigenvalue weighted by Crippen LogP contribution is -2.59. The van der Waals surface area contributed by atoms with Crippen LogP contribution in [0.5, 0.6) is 0 Å². The van der Waals surface area contributed by atoms with Gasteiger partial charge in [0.2, 0.25) is 34.6 Å². The number of nitrogens with two attached hydrogens (primary N) is 3. The van der Waals surface area contributed by atoms with Gasteiger partial charge in [0.05, 0.1) is 20.1 Å². The molecule has 4 saturated carbocycles. The number of nitrogens with zero attached hydrogens (tertiary/aromatic N) is 3. The van der Waals surface area contributed by atoms with Crippen LogP contribution in [0, 0.1) is 69.0 Å². The first-order valence-corrected chi connectivity index (χ1v) is 32.9. The van der Waals surface area contributed by atoms with E-state index in [1.807, 2.05) is 34.6 Å². The van der Waals surface area contributed by atoms with Gasteiger partial charge >= 0.3 is 24.6 Å². The number of halogens is 9. The first-order chi connectivity index (χ1) is 41.2. The second kappa shape index (κ2) is 30.3. The Morgan fingerprint density at radius 3 is 1.26 bits per heavy atom. The number of likely N-dealkylation sites (tertiary alicyclic amines) is 2. The summed E-state index contributed by atoms with van der Waals surface area (Å²) >= 11 is 4.79. The van der Waals surface area contributed by atoms with Gasteiger partial charge in [-0.25, -0.2) is 9.59 Å². The Kier molecular flexibility index (Phi) is 26.9. The molecule has 0 aromatic rings. The number of alkyl carbamates (subject to hydrolysis) is 1. The third kappa shape index (κ3) is 20.5. The number of ketones is 4. The normalized spacial score (nSPS) is 24.2. The number of imide groups is 1. The molecule has 10 atom stereocenters. The zero-order valence-electron chi connectivity index (χ0n) is 54.8. The fourth-order valence-corrected chi connectivity index (χ4v) is 11.8. The molecule has 7 amide bonds. The number of hydrogen-bond acceptors (Lipinski definition) is 16. The fraction of sp³-hybridized carbons (Fsp3) is 0.803. The number of hydroxylamine groups is 2. The van der Waals surface area contributed by atoms with E-state index in [2.05, 4.69) is 85.6 Å². The molecule has 31 heteroatoms. The van der Waals surface area contributed by atoms with E-state index < -0.39 is 124 Å². The number of carbonyl (C=O) groups is 12. The van der Waals surface area contributed by atoms with Crippen molar-refractivity contribution < 1.29 is 98.2 Å². The van der Waals surface area contributed by atoms with Gasteiger partial charge in [0.15, 0.2) is 11.6 Å². The van der Waals surface area contributed by atoms with Crippen molar-refractivity contribution in [3.63, 3.8) is 0 Å². The van der Waals surface area contributed by atoms with Crippen molar-refractivity contribution in [1.29, 1.82) is 0 Å². The molecule has 22 nitrogen and oxygen atoms in total. The maximum absolute atomic E-state index is 13.8. The Morgan fingerprint density at radius 1 is 0.609 bits per heavy atom. The molecule has 0 aromatic heterocycles. The molecule has 7 aliphatic rings. The van der Waals surface area contributed by atoms with Crippen LogP contribution in [0.3, 0.4) is 0 Å². The van der Waals surface area contributed by atoms with Gasteiger partial charge in [0, 0.05) is 50.6 Å². The van der Waals surface area contributed by atoms with Crippen LogP contribution in [0.4, 0.5) is 35.9 Å². The van der Waals surface area contributed by atoms with Gasteiger partial charge in [-0.15, -0.1) is 12.4 Å². The molecule has 3 heterocycles. The van der Waals surface area contributed by atoms with Crippen LogP contribution in [-0.2, 0) is 62.3 Å². The van der Waals surface area contributed by atoms with E-state index >= 15 is 0 Å². The third-order valence-electron chi connectivity index (χ3n) is 18.5. The SMILES string of the molecule is CC(C)(C)[C@H](N)C(=O)N1CC2[C@@H]([C@H]1C(=O)CC(CC1CC1)C(=O)C(N)=O)C2(C)C.CC(C)(C)[C@H](NC(=O)OC(C)(C)C(F)(F)F)C(=O)N1CC2[C@@H]([C@H]1C(=O)CC(CC1CC1)C(=O)C(N)=O)C2(C)C.CC(C)(OC(=O)ON1C(=O)CCC1=O)C(F)(F)F.CCC(I)I.Cl. The van der Waals surface area contributed by atoms with Crippen LogP contribution in [0.1, 0.15) is 174 Å². The lowest BCUT2D eigenvalue weighted by Gasteiger charge is -2.38. The molecular weight excluding hydrogens is 1470 g/mol. The Hall–Kier alpha value is -4.47. The second-order valence-electron chi connectivity index (χ2n) is 29.3. The van der Waals surface area contributed by atoms with Crippen molar-refractivity contribution in [1.82, 2.24) is 20.2 Å². The predicted octanol–water partition coefficient (Wildman–Crippen LogP) is 9.21. The summed E-state index contributed by atoms with van der Waals surface area (Å²) in [5.74, 6) is -7.25. The summed E-state index contributed by atoms with van der Waals surface area (Å²) in [5.41, 5.74) is 9.49. The van der Waals surface area contributed by atoms with Gasteiger partial charge in [-0.1, -0.05) is 152 Å². The average Bonchev–Trinajstić information content (AvgIpc) is 1.53. The first kappa shape index (κ1) is 81.8. The lowest BCUT2D eigenvalue weighted by atomic mass is 9.84. The molecule has 0 bridgehead atoms. The Labute approximate surface area is 566 Å². The van der Waals surface area contributed by atoms with Gasteiger partial charge in [0.1, 0.15) is 6.04 Å². The summed E-state index contributed by atoms with van der Waals surface area (Å²) in [7, 11) is 0. The molecule has 7 N–H and O–H groups in total. The standard InChI is InChI=1S/C27H40F3N3O6.C22H35N3O4.C9H10F3NO5.C3H6I2.ClH/c1-24(2,3)20(32-23(38)39-26(6,7)27(28,29)30)22(37)33-12-15-17(25(15,4)5)18(33)16(34)11-14(10-13-8-9-13)19(35)21(31)36;1-21(2,3)18(23)20(29)25-10-13-15(22(13,4)5)16(25)14(26)9-12(8-11-6-7-11)17(27)19(24)28;1-8(2,9(10,11)12)17-7(16)18-13-5(14)3-4-6(13)15;1-2-3(4)5;/h13-15,17-18,20H,8-12H2,1-7H3,(H2,31,36)(H,32,38);11-13,15-16,18H,6-10,23H2,1-5H3,(H2,24,28);3-4H2,1-2H3;3H,2H2,1H3;1H/t14?,15?,17-,18+,20+;12?,13?,15-,16+,18+;;;/m00.../s1. The predicted molar refractivity (Wildman–Crippen MR) is 340 cm³/mol. The molecule has 4 unspecified atom stereocenters. The highest BCUT2D eigenvalue weighted by atomic mass is 127. The minimum Gasteiger partial charge on any atom is -0.434 e. The highest BCUT2D eigenvalue weighted by molar-refractivity contribution is 14.2. The number of amides is 7. The van der Waals surface area contributed by atoms with E-state index in [0.717, 1.165) is 27.6 Å². The minimum absolute atomic E-state index is 0. The number of nitrogens with one attached hydrogen (secondary N) is 1. The topological polar surface area (TPSA) is 332 Å². The largest absolute Gasteiger partial charge is 0.534 e. The van der Waals surface area contributed by atoms with Gasteiger partial charge in [-0.3, -0.25) is 52.8 Å². The summed E-state index contributed by atoms with van der Waals surface area (Å²) in [6.07, 6.45) is -7.36. The van der Waals surface area contributed by atoms with E-state index in [0.29, 0.717) is 53.0 Å². The van der Waals surface area contributed by atoms with E-state index in [1.165, 1.54) is 11.3 Å². The minimum atomic E-state index is -4.83. The van der Waals surface area contributed by atoms with Crippen molar-refractivity contribution in [3.8, 4) is 0 Å². The van der Waals surface area contributed by atoms with E-state index in [4.69, 9.17) is 17.2 Å². The Bertz CT molecular complexity index is 2800. The number of carbonyl (C=O) groups excluding carboxylic acids is 12. The monoisotopic (exact) mass is 1570 g/mol. The number of fused-ring (bicyclic) bond motifs is 2.